The molecule has 0 bridgehead atoms. The Hall–Kier alpha value is -1.78. The van der Waals surface area contributed by atoms with Crippen molar-refractivity contribution in [2.75, 3.05) is 11.1 Å². The molecule has 0 radical (unpaired) electrons. The number of carbonyl (C=O) groups excluding carboxylic acids is 1. The molecule has 0 aliphatic rings. The minimum absolute atomic E-state index is 0.0247. The third kappa shape index (κ3) is 3.62. The molecule has 17 heavy (non-hydrogen) atoms. The number of carbonyl (C=O) groups is 1. The largest absolute Gasteiger partial charge is 0.395 e. The van der Waals surface area contributed by atoms with E-state index in [2.05, 4.69) is 10.6 Å². The third-order valence-electron chi connectivity index (χ3n) is 2.25. The molecular weight excluding hydrogens is 221 g/mol. The quantitative estimate of drug-likeness (QED) is 0.701. The molecule has 0 aromatic heterocycles. The van der Waals surface area contributed by atoms with E-state index in [0.717, 1.165) is 0 Å². The average Bonchev–Trinajstić information content (AvgIpc) is 2.23. The number of anilines is 2. The summed E-state index contributed by atoms with van der Waals surface area (Å²) in [5.41, 5.74) is 6.02. The smallest absolute Gasteiger partial charge is 0.242 e. The Morgan fingerprint density at radius 2 is 2.00 bits per heavy atom. The summed E-state index contributed by atoms with van der Waals surface area (Å²) >= 11 is 0. The number of rotatable bonds is 4. The Morgan fingerprint density at radius 3 is 2.59 bits per heavy atom. The SMILES string of the molecule is CC(C)NC(=O)C(C)Nc1cccc(F)c1N. The van der Waals surface area contributed by atoms with Gasteiger partial charge in [-0.3, -0.25) is 4.79 Å². The second kappa shape index (κ2) is 5.52. The van der Waals surface area contributed by atoms with Crippen LogP contribution in [0.4, 0.5) is 15.8 Å². The first-order chi connectivity index (χ1) is 7.91. The number of hydrogen-bond donors (Lipinski definition) is 3. The fourth-order valence-electron chi connectivity index (χ4n) is 1.37. The van der Waals surface area contributed by atoms with Crippen LogP contribution in [0, 0.1) is 5.82 Å². The first-order valence-electron chi connectivity index (χ1n) is 5.52. The molecule has 0 saturated heterocycles. The first kappa shape index (κ1) is 13.3. The molecule has 1 aromatic carbocycles. The highest BCUT2D eigenvalue weighted by Crippen LogP contribution is 2.21. The molecule has 1 atom stereocenters. The number of para-hydroxylation sites is 1. The van der Waals surface area contributed by atoms with Crippen LogP contribution in [0.25, 0.3) is 0 Å². The number of benzene rings is 1. The molecule has 0 spiro atoms. The van der Waals surface area contributed by atoms with Crippen LogP contribution >= 0.6 is 0 Å². The Morgan fingerprint density at radius 1 is 1.35 bits per heavy atom. The van der Waals surface area contributed by atoms with Gasteiger partial charge in [-0.1, -0.05) is 6.07 Å². The maximum Gasteiger partial charge on any atom is 0.242 e. The monoisotopic (exact) mass is 239 g/mol. The normalized spacial score (nSPS) is 12.3. The Balaban J connectivity index is 2.71. The second-order valence-corrected chi connectivity index (χ2v) is 4.23. The summed E-state index contributed by atoms with van der Waals surface area (Å²) in [5.74, 6) is -0.643. The van der Waals surface area contributed by atoms with Crippen LogP contribution in [0.3, 0.4) is 0 Å². The predicted molar refractivity (Wildman–Crippen MR) is 67.2 cm³/mol. The van der Waals surface area contributed by atoms with E-state index in [4.69, 9.17) is 5.73 Å². The van der Waals surface area contributed by atoms with Crippen molar-refractivity contribution in [3.05, 3.63) is 24.0 Å². The van der Waals surface area contributed by atoms with Crippen molar-refractivity contribution in [2.45, 2.75) is 32.9 Å². The maximum absolute atomic E-state index is 13.2. The van der Waals surface area contributed by atoms with Gasteiger partial charge in [0.25, 0.3) is 0 Å². The Kier molecular flexibility index (Phi) is 4.31. The number of halogens is 1. The number of nitrogens with two attached hydrogens (primary N) is 1. The summed E-state index contributed by atoms with van der Waals surface area (Å²) in [5, 5.41) is 5.64. The van der Waals surface area contributed by atoms with E-state index in [-0.39, 0.29) is 17.6 Å². The van der Waals surface area contributed by atoms with Gasteiger partial charge in [0.1, 0.15) is 11.9 Å². The summed E-state index contributed by atoms with van der Waals surface area (Å²) in [6, 6.07) is 4.05. The molecule has 94 valence electrons. The lowest BCUT2D eigenvalue weighted by atomic mass is 10.2. The molecule has 0 aliphatic carbocycles. The van der Waals surface area contributed by atoms with Gasteiger partial charge in [-0.2, -0.15) is 0 Å². The zero-order chi connectivity index (χ0) is 13.0. The van der Waals surface area contributed by atoms with E-state index in [0.29, 0.717) is 5.69 Å². The van der Waals surface area contributed by atoms with Crippen molar-refractivity contribution in [3.63, 3.8) is 0 Å². The van der Waals surface area contributed by atoms with E-state index in [9.17, 15) is 9.18 Å². The van der Waals surface area contributed by atoms with Crippen LogP contribution in [0.5, 0.6) is 0 Å². The minimum Gasteiger partial charge on any atom is -0.395 e. The zero-order valence-electron chi connectivity index (χ0n) is 10.3. The molecule has 1 rings (SSSR count). The van der Waals surface area contributed by atoms with Gasteiger partial charge in [0, 0.05) is 6.04 Å². The van der Waals surface area contributed by atoms with Gasteiger partial charge in [-0.25, -0.2) is 4.39 Å². The van der Waals surface area contributed by atoms with Crippen molar-refractivity contribution in [3.8, 4) is 0 Å². The molecule has 0 saturated carbocycles. The van der Waals surface area contributed by atoms with Gasteiger partial charge in [0.2, 0.25) is 5.91 Å². The van der Waals surface area contributed by atoms with E-state index in [1.54, 1.807) is 19.1 Å². The van der Waals surface area contributed by atoms with Crippen LogP contribution in [-0.4, -0.2) is 18.0 Å². The predicted octanol–water partition coefficient (Wildman–Crippen LogP) is 1.73. The average molecular weight is 239 g/mol. The summed E-state index contributed by atoms with van der Waals surface area (Å²) in [4.78, 5) is 11.6. The lowest BCUT2D eigenvalue weighted by Gasteiger charge is -2.18. The van der Waals surface area contributed by atoms with Crippen LogP contribution in [0.2, 0.25) is 0 Å². The van der Waals surface area contributed by atoms with Gasteiger partial charge in [-0.05, 0) is 32.9 Å². The van der Waals surface area contributed by atoms with Gasteiger partial charge in [-0.15, -0.1) is 0 Å². The summed E-state index contributed by atoms with van der Waals surface area (Å²) < 4.78 is 13.2. The Labute approximate surface area is 100 Å². The van der Waals surface area contributed by atoms with Gasteiger partial charge >= 0.3 is 0 Å². The van der Waals surface area contributed by atoms with Crippen molar-refractivity contribution < 1.29 is 9.18 Å². The van der Waals surface area contributed by atoms with Crippen molar-refractivity contribution in [1.82, 2.24) is 5.32 Å². The van der Waals surface area contributed by atoms with E-state index in [1.165, 1.54) is 6.07 Å². The third-order valence-corrected chi connectivity index (χ3v) is 2.25. The molecule has 5 heteroatoms. The highest BCUT2D eigenvalue weighted by Gasteiger charge is 2.15. The molecule has 0 fully saturated rings. The van der Waals surface area contributed by atoms with Crippen molar-refractivity contribution >= 4 is 17.3 Å². The van der Waals surface area contributed by atoms with Gasteiger partial charge in [0.15, 0.2) is 0 Å². The first-order valence-corrected chi connectivity index (χ1v) is 5.52. The van der Waals surface area contributed by atoms with Crippen LogP contribution in [0.1, 0.15) is 20.8 Å². The summed E-state index contributed by atoms with van der Waals surface area (Å²) in [6.45, 7) is 5.45. The van der Waals surface area contributed by atoms with Crippen LogP contribution < -0.4 is 16.4 Å². The van der Waals surface area contributed by atoms with Gasteiger partial charge in [0.05, 0.1) is 11.4 Å². The fourth-order valence-corrected chi connectivity index (χ4v) is 1.37. The molecule has 1 unspecified atom stereocenters. The lowest BCUT2D eigenvalue weighted by Crippen LogP contribution is -2.41. The molecule has 0 aliphatic heterocycles. The molecule has 4 nitrogen and oxygen atoms in total. The van der Waals surface area contributed by atoms with Crippen molar-refractivity contribution in [1.29, 1.82) is 0 Å². The standard InChI is InChI=1S/C12H18FN3O/c1-7(2)15-12(17)8(3)16-10-6-4-5-9(13)11(10)14/h4-8,16H,14H2,1-3H3,(H,15,17). The molecule has 1 aromatic rings. The highest BCUT2D eigenvalue weighted by atomic mass is 19.1. The molecule has 4 N–H and O–H groups in total. The van der Waals surface area contributed by atoms with E-state index < -0.39 is 11.9 Å². The van der Waals surface area contributed by atoms with E-state index in [1.807, 2.05) is 13.8 Å². The number of hydrogen-bond acceptors (Lipinski definition) is 3. The maximum atomic E-state index is 13.2. The summed E-state index contributed by atoms with van der Waals surface area (Å²) in [7, 11) is 0. The molecule has 0 heterocycles. The fraction of sp³-hybridized carbons (Fsp3) is 0.417. The molecular formula is C12H18FN3O. The zero-order valence-corrected chi connectivity index (χ0v) is 10.3. The van der Waals surface area contributed by atoms with Crippen LogP contribution in [-0.2, 0) is 4.79 Å². The van der Waals surface area contributed by atoms with Crippen molar-refractivity contribution in [2.24, 2.45) is 0 Å². The number of nitrogens with one attached hydrogen (secondary N) is 2. The van der Waals surface area contributed by atoms with Gasteiger partial charge < -0.3 is 16.4 Å². The topological polar surface area (TPSA) is 67.2 Å². The number of nitrogen functional groups attached to an aromatic ring is 1. The highest BCUT2D eigenvalue weighted by molar-refractivity contribution is 5.85. The lowest BCUT2D eigenvalue weighted by molar-refractivity contribution is -0.122. The summed E-state index contributed by atoms with van der Waals surface area (Å²) in [6.07, 6.45) is 0. The van der Waals surface area contributed by atoms with Crippen LogP contribution in [0.15, 0.2) is 18.2 Å². The number of amides is 1. The second-order valence-electron chi connectivity index (χ2n) is 4.23. The Bertz CT molecular complexity index is 407. The van der Waals surface area contributed by atoms with E-state index >= 15 is 0 Å². The molecule has 1 amide bonds. The minimum atomic E-state index is -0.494.